The van der Waals surface area contributed by atoms with E-state index in [0.29, 0.717) is 5.69 Å². The van der Waals surface area contributed by atoms with E-state index in [0.717, 1.165) is 17.6 Å². The molecule has 0 saturated carbocycles. The first-order chi connectivity index (χ1) is 9.21. The van der Waals surface area contributed by atoms with Gasteiger partial charge in [0, 0.05) is 5.38 Å². The Morgan fingerprint density at radius 2 is 2.15 bits per heavy atom. The zero-order chi connectivity index (χ0) is 15.3. The predicted octanol–water partition coefficient (Wildman–Crippen LogP) is 0.190. The number of amides is 1. The summed E-state index contributed by atoms with van der Waals surface area (Å²) in [5, 5.41) is 13.7. The van der Waals surface area contributed by atoms with E-state index < -0.39 is 10.0 Å². The molecule has 1 unspecified atom stereocenters. The van der Waals surface area contributed by atoms with Crippen molar-refractivity contribution in [3.8, 4) is 0 Å². The molecule has 0 aliphatic heterocycles. The van der Waals surface area contributed by atoms with Crippen LogP contribution in [-0.2, 0) is 21.2 Å². The smallest absolute Gasteiger partial charge is 0.231 e. The number of hydrogen-bond acceptors (Lipinski definition) is 6. The molecule has 0 spiro atoms. The molecule has 1 amide bonds. The number of rotatable bonds is 7. The fourth-order valence-electron chi connectivity index (χ4n) is 1.44. The molecule has 114 valence electrons. The average Bonchev–Trinajstić information content (AvgIpc) is 2.70. The van der Waals surface area contributed by atoms with E-state index in [4.69, 9.17) is 5.11 Å². The zero-order valence-electron chi connectivity index (χ0n) is 11.6. The molecule has 1 aromatic heterocycles. The fraction of sp³-hybridized carbons (Fsp3) is 0.636. The lowest BCUT2D eigenvalue weighted by Crippen LogP contribution is -2.41. The minimum Gasteiger partial charge on any atom is -0.394 e. The largest absolute Gasteiger partial charge is 0.394 e. The minimum absolute atomic E-state index is 0.0468. The van der Waals surface area contributed by atoms with Crippen LogP contribution in [-0.4, -0.2) is 43.3 Å². The lowest BCUT2D eigenvalue weighted by Gasteiger charge is -2.19. The number of aliphatic hydroxyl groups excluding tert-OH is 1. The number of aliphatic hydroxyl groups is 1. The summed E-state index contributed by atoms with van der Waals surface area (Å²) < 4.78 is 24.3. The van der Waals surface area contributed by atoms with E-state index in [-0.39, 0.29) is 36.0 Å². The number of aromatic nitrogens is 1. The second-order valence-electron chi connectivity index (χ2n) is 4.80. The first-order valence-corrected chi connectivity index (χ1v) is 8.80. The third-order valence-electron chi connectivity index (χ3n) is 2.51. The summed E-state index contributed by atoms with van der Waals surface area (Å²) in [6.07, 6.45) is 1.08. The summed E-state index contributed by atoms with van der Waals surface area (Å²) in [5.41, 5.74) is 0.485. The Bertz CT molecular complexity index is 554. The molecule has 3 N–H and O–H groups in total. The van der Waals surface area contributed by atoms with Crippen molar-refractivity contribution in [3.63, 3.8) is 0 Å². The van der Waals surface area contributed by atoms with E-state index in [1.54, 1.807) is 5.38 Å². The molecule has 0 bridgehead atoms. The van der Waals surface area contributed by atoms with Crippen molar-refractivity contribution in [1.82, 2.24) is 10.3 Å². The van der Waals surface area contributed by atoms with Gasteiger partial charge in [0.25, 0.3) is 0 Å². The van der Waals surface area contributed by atoms with Crippen molar-refractivity contribution in [2.45, 2.75) is 26.3 Å². The van der Waals surface area contributed by atoms with Gasteiger partial charge < -0.3 is 10.4 Å². The standard InChI is InChI=1S/C11H19N3O4S2/c1-7(2)9(5-15)13-10(16)4-8-6-19-11(12-8)14-20(3,17)18/h6-7,9,15H,4-5H2,1-3H3,(H,12,14)(H,13,16). The average molecular weight is 321 g/mol. The van der Waals surface area contributed by atoms with Crippen molar-refractivity contribution in [2.24, 2.45) is 5.92 Å². The second-order valence-corrected chi connectivity index (χ2v) is 7.40. The number of nitrogens with zero attached hydrogens (tertiary/aromatic N) is 1. The third kappa shape index (κ3) is 5.85. The highest BCUT2D eigenvalue weighted by atomic mass is 32.2. The number of sulfonamides is 1. The van der Waals surface area contributed by atoms with Gasteiger partial charge in [0.05, 0.1) is 31.0 Å². The lowest BCUT2D eigenvalue weighted by molar-refractivity contribution is -0.121. The van der Waals surface area contributed by atoms with Gasteiger partial charge in [0.1, 0.15) is 0 Å². The Balaban J connectivity index is 2.59. The van der Waals surface area contributed by atoms with Gasteiger partial charge in [-0.1, -0.05) is 13.8 Å². The van der Waals surface area contributed by atoms with Gasteiger partial charge in [-0.2, -0.15) is 0 Å². The normalized spacial score (nSPS) is 13.2. The van der Waals surface area contributed by atoms with Gasteiger partial charge in [-0.25, -0.2) is 13.4 Å². The Labute approximate surface area is 122 Å². The van der Waals surface area contributed by atoms with Crippen LogP contribution < -0.4 is 10.0 Å². The molecule has 7 nitrogen and oxygen atoms in total. The Morgan fingerprint density at radius 3 is 2.65 bits per heavy atom. The summed E-state index contributed by atoms with van der Waals surface area (Å²) in [4.78, 5) is 15.8. The molecular formula is C11H19N3O4S2. The number of carbonyl (C=O) groups is 1. The van der Waals surface area contributed by atoms with E-state index >= 15 is 0 Å². The number of nitrogens with one attached hydrogen (secondary N) is 2. The van der Waals surface area contributed by atoms with Gasteiger partial charge in [-0.3, -0.25) is 9.52 Å². The Kier molecular flexibility index (Phi) is 5.90. The van der Waals surface area contributed by atoms with Gasteiger partial charge in [-0.15, -0.1) is 11.3 Å². The molecule has 0 aliphatic rings. The second kappa shape index (κ2) is 7.00. The highest BCUT2D eigenvalue weighted by molar-refractivity contribution is 7.92. The lowest BCUT2D eigenvalue weighted by atomic mass is 10.1. The highest BCUT2D eigenvalue weighted by Crippen LogP contribution is 2.16. The quantitative estimate of drug-likeness (QED) is 0.664. The van der Waals surface area contributed by atoms with Crippen molar-refractivity contribution < 1.29 is 18.3 Å². The Hall–Kier alpha value is -1.19. The molecular weight excluding hydrogens is 302 g/mol. The number of thiazole rings is 1. The molecule has 20 heavy (non-hydrogen) atoms. The van der Waals surface area contributed by atoms with Crippen molar-refractivity contribution in [3.05, 3.63) is 11.1 Å². The van der Waals surface area contributed by atoms with Crippen LogP contribution in [0.1, 0.15) is 19.5 Å². The van der Waals surface area contributed by atoms with Gasteiger partial charge in [0.15, 0.2) is 5.13 Å². The maximum atomic E-state index is 11.8. The maximum Gasteiger partial charge on any atom is 0.231 e. The summed E-state index contributed by atoms with van der Waals surface area (Å²) >= 11 is 1.12. The van der Waals surface area contributed by atoms with Crippen LogP contribution in [0.2, 0.25) is 0 Å². The van der Waals surface area contributed by atoms with Crippen LogP contribution in [0, 0.1) is 5.92 Å². The van der Waals surface area contributed by atoms with Crippen LogP contribution in [0.3, 0.4) is 0 Å². The summed E-state index contributed by atoms with van der Waals surface area (Å²) in [6.45, 7) is 3.68. The SMILES string of the molecule is CC(C)C(CO)NC(=O)Cc1csc(NS(C)(=O)=O)n1. The molecule has 0 saturated heterocycles. The molecule has 1 atom stereocenters. The van der Waals surface area contributed by atoms with E-state index in [1.165, 1.54) is 0 Å². The van der Waals surface area contributed by atoms with E-state index in [9.17, 15) is 13.2 Å². The van der Waals surface area contributed by atoms with Gasteiger partial charge in [-0.05, 0) is 5.92 Å². The maximum absolute atomic E-state index is 11.8. The van der Waals surface area contributed by atoms with Crippen LogP contribution in [0.4, 0.5) is 5.13 Å². The molecule has 0 fully saturated rings. The van der Waals surface area contributed by atoms with Gasteiger partial charge >= 0.3 is 0 Å². The topological polar surface area (TPSA) is 108 Å². The molecule has 9 heteroatoms. The Morgan fingerprint density at radius 1 is 1.50 bits per heavy atom. The van der Waals surface area contributed by atoms with Gasteiger partial charge in [0.2, 0.25) is 15.9 Å². The van der Waals surface area contributed by atoms with Crippen LogP contribution in [0.5, 0.6) is 0 Å². The fourth-order valence-corrected chi connectivity index (χ4v) is 3.00. The monoisotopic (exact) mass is 321 g/mol. The first kappa shape index (κ1) is 16.9. The zero-order valence-corrected chi connectivity index (χ0v) is 13.2. The number of hydrogen-bond donors (Lipinski definition) is 3. The van der Waals surface area contributed by atoms with Crippen molar-refractivity contribution in [2.75, 3.05) is 17.6 Å². The van der Waals surface area contributed by atoms with Crippen LogP contribution in [0.15, 0.2) is 5.38 Å². The molecule has 1 aromatic rings. The van der Waals surface area contributed by atoms with Crippen molar-refractivity contribution >= 4 is 32.4 Å². The molecule has 0 aromatic carbocycles. The third-order valence-corrected chi connectivity index (χ3v) is 4.01. The summed E-state index contributed by atoms with van der Waals surface area (Å²) in [5.74, 6) is -0.129. The van der Waals surface area contributed by atoms with Crippen LogP contribution in [0.25, 0.3) is 0 Å². The molecule has 0 radical (unpaired) electrons. The summed E-state index contributed by atoms with van der Waals surface area (Å²) in [7, 11) is -3.36. The molecule has 1 heterocycles. The molecule has 1 rings (SSSR count). The highest BCUT2D eigenvalue weighted by Gasteiger charge is 2.16. The van der Waals surface area contributed by atoms with Crippen molar-refractivity contribution in [1.29, 1.82) is 0 Å². The molecule has 0 aliphatic carbocycles. The summed E-state index contributed by atoms with van der Waals surface area (Å²) in [6, 6.07) is -0.297. The first-order valence-electron chi connectivity index (χ1n) is 6.03. The predicted molar refractivity (Wildman–Crippen MR) is 78.1 cm³/mol. The van der Waals surface area contributed by atoms with Crippen LogP contribution >= 0.6 is 11.3 Å². The number of carbonyl (C=O) groups excluding carboxylic acids is 1. The minimum atomic E-state index is -3.36. The number of anilines is 1. The van der Waals surface area contributed by atoms with E-state index in [2.05, 4.69) is 15.0 Å². The van der Waals surface area contributed by atoms with E-state index in [1.807, 2.05) is 13.8 Å².